The molecule has 2 aromatic carbocycles. The second-order valence-corrected chi connectivity index (χ2v) is 8.59. The molecule has 0 spiro atoms. The zero-order valence-corrected chi connectivity index (χ0v) is 18.1. The largest absolute Gasteiger partial charge is 0.352 e. The van der Waals surface area contributed by atoms with Gasteiger partial charge in [-0.25, -0.2) is 4.98 Å². The summed E-state index contributed by atoms with van der Waals surface area (Å²) in [5.41, 5.74) is 4.61. The first kappa shape index (κ1) is 20.9. The molecular formula is C24H23N3O3S. The van der Waals surface area contributed by atoms with Crippen molar-refractivity contribution in [2.45, 2.75) is 32.7 Å². The summed E-state index contributed by atoms with van der Waals surface area (Å²) in [7, 11) is 0. The van der Waals surface area contributed by atoms with E-state index in [-0.39, 0.29) is 37.1 Å². The number of likely N-dealkylation sites (tertiary alicyclic amines) is 1. The van der Waals surface area contributed by atoms with Gasteiger partial charge in [0.1, 0.15) is 0 Å². The van der Waals surface area contributed by atoms with Crippen LogP contribution in [0.4, 0.5) is 0 Å². The zero-order chi connectivity index (χ0) is 21.8. The number of nitrogens with zero attached hydrogens (tertiary/aromatic N) is 2. The Kier molecular flexibility index (Phi) is 6.23. The molecule has 31 heavy (non-hydrogen) atoms. The fourth-order valence-electron chi connectivity index (χ4n) is 3.50. The van der Waals surface area contributed by atoms with E-state index in [9.17, 15) is 14.4 Å². The van der Waals surface area contributed by atoms with Crippen LogP contribution in [0.1, 0.15) is 39.3 Å². The lowest BCUT2D eigenvalue weighted by atomic mass is 10.1. The third-order valence-electron chi connectivity index (χ3n) is 5.28. The van der Waals surface area contributed by atoms with Crippen molar-refractivity contribution < 1.29 is 14.4 Å². The van der Waals surface area contributed by atoms with Gasteiger partial charge in [0.05, 0.1) is 17.2 Å². The molecule has 3 aromatic rings. The van der Waals surface area contributed by atoms with Crippen LogP contribution in [0.2, 0.25) is 0 Å². The highest BCUT2D eigenvalue weighted by molar-refractivity contribution is 7.09. The van der Waals surface area contributed by atoms with Crippen molar-refractivity contribution >= 4 is 29.1 Å². The minimum Gasteiger partial charge on any atom is -0.352 e. The van der Waals surface area contributed by atoms with Gasteiger partial charge in [-0.05, 0) is 36.6 Å². The minimum absolute atomic E-state index is 0.137. The minimum atomic E-state index is -0.144. The number of aromatic nitrogens is 1. The van der Waals surface area contributed by atoms with E-state index in [1.807, 2.05) is 6.92 Å². The smallest absolute Gasteiger partial charge is 0.251 e. The van der Waals surface area contributed by atoms with Gasteiger partial charge < -0.3 is 5.32 Å². The van der Waals surface area contributed by atoms with Crippen LogP contribution < -0.4 is 5.32 Å². The third kappa shape index (κ3) is 5.06. The molecule has 1 fully saturated rings. The highest BCUT2D eigenvalue weighted by atomic mass is 32.1. The fourth-order valence-corrected chi connectivity index (χ4v) is 4.13. The van der Waals surface area contributed by atoms with Crippen molar-refractivity contribution in [1.82, 2.24) is 15.2 Å². The number of nitrogens with one attached hydrogen (secondary N) is 1. The lowest BCUT2D eigenvalue weighted by Gasteiger charge is -2.14. The van der Waals surface area contributed by atoms with Crippen LogP contribution in [-0.2, 0) is 22.6 Å². The average molecular weight is 434 g/mol. The lowest BCUT2D eigenvalue weighted by molar-refractivity contribution is -0.139. The van der Waals surface area contributed by atoms with E-state index in [0.29, 0.717) is 12.1 Å². The standard InChI is InChI=1S/C24H23N3O3S/c1-16-26-21(15-31-16)19-6-2-17(3-7-19)12-13-25-24(30)20-8-4-18(5-9-20)14-27-22(28)10-11-23(27)29/h2-9,15H,10-14H2,1H3,(H,25,30). The van der Waals surface area contributed by atoms with Gasteiger partial charge >= 0.3 is 0 Å². The van der Waals surface area contributed by atoms with Crippen LogP contribution in [0.3, 0.4) is 0 Å². The molecule has 0 bridgehead atoms. The van der Waals surface area contributed by atoms with Crippen LogP contribution >= 0.6 is 11.3 Å². The molecule has 0 unspecified atom stereocenters. The number of hydrogen-bond donors (Lipinski definition) is 1. The van der Waals surface area contributed by atoms with Gasteiger partial charge in [0, 0.05) is 35.9 Å². The molecule has 1 N–H and O–H groups in total. The molecule has 3 amide bonds. The van der Waals surface area contributed by atoms with E-state index in [0.717, 1.165) is 33.8 Å². The van der Waals surface area contributed by atoms with Gasteiger partial charge in [-0.2, -0.15) is 0 Å². The van der Waals surface area contributed by atoms with Crippen LogP contribution in [0.5, 0.6) is 0 Å². The van der Waals surface area contributed by atoms with Gasteiger partial charge in [0.2, 0.25) is 11.8 Å². The highest BCUT2D eigenvalue weighted by Crippen LogP contribution is 2.22. The van der Waals surface area contributed by atoms with Crippen molar-refractivity contribution in [1.29, 1.82) is 0 Å². The van der Waals surface area contributed by atoms with Crippen molar-refractivity contribution in [3.05, 3.63) is 75.6 Å². The lowest BCUT2D eigenvalue weighted by Crippen LogP contribution is -2.28. The summed E-state index contributed by atoms with van der Waals surface area (Å²) < 4.78 is 0. The van der Waals surface area contributed by atoms with Crippen LogP contribution in [0.25, 0.3) is 11.3 Å². The van der Waals surface area contributed by atoms with Gasteiger partial charge in [-0.1, -0.05) is 36.4 Å². The van der Waals surface area contributed by atoms with Gasteiger partial charge in [0.25, 0.3) is 5.91 Å². The Morgan fingerprint density at radius 2 is 1.65 bits per heavy atom. The number of benzene rings is 2. The Morgan fingerprint density at radius 1 is 1.00 bits per heavy atom. The molecule has 0 radical (unpaired) electrons. The highest BCUT2D eigenvalue weighted by Gasteiger charge is 2.28. The number of thiazole rings is 1. The summed E-state index contributed by atoms with van der Waals surface area (Å²) in [4.78, 5) is 41.6. The van der Waals surface area contributed by atoms with E-state index in [1.54, 1.807) is 35.6 Å². The Hall–Kier alpha value is -3.32. The van der Waals surface area contributed by atoms with Crippen molar-refractivity contribution in [3.8, 4) is 11.3 Å². The van der Waals surface area contributed by atoms with E-state index >= 15 is 0 Å². The number of hydrogen-bond acceptors (Lipinski definition) is 5. The number of amides is 3. The maximum atomic E-state index is 12.4. The average Bonchev–Trinajstić information content (AvgIpc) is 3.35. The quantitative estimate of drug-likeness (QED) is 0.576. The summed E-state index contributed by atoms with van der Waals surface area (Å²) in [5.74, 6) is -0.419. The van der Waals surface area contributed by atoms with Crippen LogP contribution in [-0.4, -0.2) is 34.2 Å². The molecule has 0 aliphatic carbocycles. The molecule has 0 saturated carbocycles. The third-order valence-corrected chi connectivity index (χ3v) is 6.05. The second kappa shape index (κ2) is 9.22. The number of carbonyl (C=O) groups excluding carboxylic acids is 3. The number of imide groups is 1. The summed E-state index contributed by atoms with van der Waals surface area (Å²) >= 11 is 1.64. The molecule has 7 heteroatoms. The molecule has 6 nitrogen and oxygen atoms in total. The Bertz CT molecular complexity index is 1090. The van der Waals surface area contributed by atoms with Gasteiger partial charge in [0.15, 0.2) is 0 Å². The van der Waals surface area contributed by atoms with E-state index in [2.05, 4.69) is 39.9 Å². The molecule has 158 valence electrons. The van der Waals surface area contributed by atoms with Crippen LogP contribution in [0, 0.1) is 6.92 Å². The first-order valence-electron chi connectivity index (χ1n) is 10.2. The first-order valence-corrected chi connectivity index (χ1v) is 11.1. The Balaban J connectivity index is 1.27. The molecule has 2 heterocycles. The predicted molar refractivity (Wildman–Crippen MR) is 120 cm³/mol. The van der Waals surface area contributed by atoms with Crippen molar-refractivity contribution in [3.63, 3.8) is 0 Å². The number of rotatable bonds is 7. The second-order valence-electron chi connectivity index (χ2n) is 7.53. The maximum absolute atomic E-state index is 12.4. The fraction of sp³-hybridized carbons (Fsp3) is 0.250. The summed E-state index contributed by atoms with van der Waals surface area (Å²) in [6.07, 6.45) is 1.30. The Morgan fingerprint density at radius 3 is 2.26 bits per heavy atom. The van der Waals surface area contributed by atoms with Crippen molar-refractivity contribution in [2.75, 3.05) is 6.54 Å². The monoisotopic (exact) mass is 433 g/mol. The molecule has 1 aromatic heterocycles. The van der Waals surface area contributed by atoms with Crippen molar-refractivity contribution in [2.24, 2.45) is 0 Å². The maximum Gasteiger partial charge on any atom is 0.251 e. The first-order chi connectivity index (χ1) is 15.0. The van der Waals surface area contributed by atoms with Crippen LogP contribution in [0.15, 0.2) is 53.9 Å². The molecule has 1 aliphatic heterocycles. The van der Waals surface area contributed by atoms with Gasteiger partial charge in [-0.15, -0.1) is 11.3 Å². The normalized spacial score (nSPS) is 13.6. The van der Waals surface area contributed by atoms with Gasteiger partial charge in [-0.3, -0.25) is 19.3 Å². The summed E-state index contributed by atoms with van der Waals surface area (Å²) in [5, 5.41) is 6.04. The topological polar surface area (TPSA) is 79.4 Å². The molecule has 4 rings (SSSR count). The summed E-state index contributed by atoms with van der Waals surface area (Å²) in [6, 6.07) is 15.2. The van der Waals surface area contributed by atoms with E-state index < -0.39 is 0 Å². The van der Waals surface area contributed by atoms with E-state index in [1.165, 1.54) is 4.90 Å². The zero-order valence-electron chi connectivity index (χ0n) is 17.3. The number of carbonyl (C=O) groups is 3. The molecule has 1 aliphatic rings. The molecule has 1 saturated heterocycles. The van der Waals surface area contributed by atoms with E-state index in [4.69, 9.17) is 0 Å². The predicted octanol–water partition coefficient (Wildman–Crippen LogP) is 3.74. The SMILES string of the molecule is Cc1nc(-c2ccc(CCNC(=O)c3ccc(CN4C(=O)CCC4=O)cc3)cc2)cs1. The summed E-state index contributed by atoms with van der Waals surface area (Å²) in [6.45, 7) is 2.79. The Labute approximate surface area is 184 Å². The number of aryl methyl sites for hydroxylation is 1. The molecule has 0 atom stereocenters. The molecular weight excluding hydrogens is 410 g/mol.